The second-order valence-electron chi connectivity index (χ2n) is 5.11. The second kappa shape index (κ2) is 6.57. The normalized spacial score (nSPS) is 17.4. The number of nitrogens with one attached hydrogen (secondary N) is 2. The van der Waals surface area contributed by atoms with Crippen molar-refractivity contribution in [3.63, 3.8) is 0 Å². The fraction of sp³-hybridized carbons (Fsp3) is 0.400. The van der Waals surface area contributed by atoms with E-state index in [2.05, 4.69) is 20.8 Å². The second-order valence-corrected chi connectivity index (χ2v) is 5.11. The summed E-state index contributed by atoms with van der Waals surface area (Å²) in [5.74, 6) is 1.55. The van der Waals surface area contributed by atoms with Gasteiger partial charge in [0.05, 0.1) is 19.7 Å². The molecule has 116 valence electrons. The highest BCUT2D eigenvalue weighted by molar-refractivity contribution is 5.81. The third kappa shape index (κ3) is 3.25. The number of methoxy groups -OCH3 is 1. The number of rotatable bonds is 5. The highest BCUT2D eigenvalue weighted by atomic mass is 16.5. The van der Waals surface area contributed by atoms with Crippen LogP contribution >= 0.6 is 0 Å². The molecule has 1 unspecified atom stereocenters. The van der Waals surface area contributed by atoms with Gasteiger partial charge in [0.15, 0.2) is 0 Å². The average Bonchev–Trinajstić information content (AvgIpc) is 3.24. The minimum atomic E-state index is -0.110. The summed E-state index contributed by atoms with van der Waals surface area (Å²) >= 11 is 0. The Balaban J connectivity index is 1.62. The summed E-state index contributed by atoms with van der Waals surface area (Å²) < 4.78 is 10.3. The van der Waals surface area contributed by atoms with Crippen LogP contribution in [-0.4, -0.2) is 35.7 Å². The Morgan fingerprint density at radius 2 is 2.45 bits per heavy atom. The number of hydrogen-bond acceptors (Lipinski definition) is 6. The number of ether oxygens (including phenoxy) is 1. The first-order chi connectivity index (χ1) is 10.8. The molecule has 1 amide bonds. The molecular formula is C15H18N4O3. The van der Waals surface area contributed by atoms with Crippen molar-refractivity contribution in [2.75, 3.05) is 13.7 Å². The Hall–Kier alpha value is -2.41. The van der Waals surface area contributed by atoms with Gasteiger partial charge in [-0.3, -0.25) is 4.79 Å². The van der Waals surface area contributed by atoms with Crippen LogP contribution in [0.4, 0.5) is 0 Å². The summed E-state index contributed by atoms with van der Waals surface area (Å²) in [6, 6.07) is 7.30. The molecule has 7 heteroatoms. The minimum Gasteiger partial charge on any atom is -0.497 e. The first kappa shape index (κ1) is 14.5. The van der Waals surface area contributed by atoms with Crippen LogP contribution in [0, 0.1) is 0 Å². The first-order valence-electron chi connectivity index (χ1n) is 7.24. The van der Waals surface area contributed by atoms with Crippen LogP contribution in [0.5, 0.6) is 5.75 Å². The predicted octanol–water partition coefficient (Wildman–Crippen LogP) is 1.11. The van der Waals surface area contributed by atoms with E-state index < -0.39 is 0 Å². The fourth-order valence-corrected chi connectivity index (χ4v) is 2.40. The van der Waals surface area contributed by atoms with E-state index in [4.69, 9.17) is 9.26 Å². The summed E-state index contributed by atoms with van der Waals surface area (Å²) in [7, 11) is 1.60. The molecule has 0 aliphatic carbocycles. The molecule has 1 atom stereocenters. The van der Waals surface area contributed by atoms with Crippen molar-refractivity contribution in [1.82, 2.24) is 20.8 Å². The fourth-order valence-electron chi connectivity index (χ4n) is 2.40. The Bertz CT molecular complexity index is 650. The molecule has 2 heterocycles. The van der Waals surface area contributed by atoms with Crippen molar-refractivity contribution in [2.24, 2.45) is 0 Å². The van der Waals surface area contributed by atoms with E-state index in [9.17, 15) is 4.79 Å². The zero-order chi connectivity index (χ0) is 15.4. The number of nitrogens with zero attached hydrogens (tertiary/aromatic N) is 2. The van der Waals surface area contributed by atoms with Crippen LogP contribution in [0.25, 0.3) is 11.4 Å². The van der Waals surface area contributed by atoms with Gasteiger partial charge >= 0.3 is 0 Å². The van der Waals surface area contributed by atoms with Gasteiger partial charge in [-0.15, -0.1) is 0 Å². The zero-order valence-corrected chi connectivity index (χ0v) is 12.3. The SMILES string of the molecule is COc1cccc(-c2noc(CNC(=O)C3CCCN3)n2)c1. The Morgan fingerprint density at radius 1 is 1.55 bits per heavy atom. The molecule has 1 aromatic heterocycles. The monoisotopic (exact) mass is 302 g/mol. The molecule has 0 radical (unpaired) electrons. The van der Waals surface area contributed by atoms with Crippen LogP contribution in [-0.2, 0) is 11.3 Å². The lowest BCUT2D eigenvalue weighted by atomic mass is 10.2. The van der Waals surface area contributed by atoms with Gasteiger partial charge in [-0.05, 0) is 31.5 Å². The third-order valence-corrected chi connectivity index (χ3v) is 3.59. The lowest BCUT2D eigenvalue weighted by Gasteiger charge is -2.08. The molecule has 1 aliphatic rings. The van der Waals surface area contributed by atoms with Gasteiger partial charge in [-0.2, -0.15) is 4.98 Å². The van der Waals surface area contributed by atoms with Gasteiger partial charge in [-0.1, -0.05) is 17.3 Å². The molecule has 0 bridgehead atoms. The molecular weight excluding hydrogens is 284 g/mol. The maximum atomic E-state index is 11.9. The van der Waals surface area contributed by atoms with E-state index in [1.54, 1.807) is 7.11 Å². The van der Waals surface area contributed by atoms with Gasteiger partial charge < -0.3 is 19.9 Å². The van der Waals surface area contributed by atoms with Crippen molar-refractivity contribution >= 4 is 5.91 Å². The van der Waals surface area contributed by atoms with Crippen molar-refractivity contribution in [2.45, 2.75) is 25.4 Å². The molecule has 22 heavy (non-hydrogen) atoms. The first-order valence-corrected chi connectivity index (χ1v) is 7.24. The van der Waals surface area contributed by atoms with Gasteiger partial charge in [0.2, 0.25) is 17.6 Å². The van der Waals surface area contributed by atoms with E-state index in [0.29, 0.717) is 11.7 Å². The summed E-state index contributed by atoms with van der Waals surface area (Å²) in [4.78, 5) is 16.2. The summed E-state index contributed by atoms with van der Waals surface area (Å²) in [5, 5.41) is 9.88. The van der Waals surface area contributed by atoms with Crippen LogP contribution in [0.3, 0.4) is 0 Å². The third-order valence-electron chi connectivity index (χ3n) is 3.59. The highest BCUT2D eigenvalue weighted by Crippen LogP contribution is 2.21. The van der Waals surface area contributed by atoms with E-state index in [0.717, 1.165) is 30.7 Å². The van der Waals surface area contributed by atoms with Crippen molar-refractivity contribution < 1.29 is 14.1 Å². The lowest BCUT2D eigenvalue weighted by Crippen LogP contribution is -2.40. The number of benzene rings is 1. The smallest absolute Gasteiger partial charge is 0.246 e. The number of amides is 1. The molecule has 1 saturated heterocycles. The van der Waals surface area contributed by atoms with E-state index >= 15 is 0 Å². The molecule has 1 fully saturated rings. The van der Waals surface area contributed by atoms with Crippen molar-refractivity contribution in [1.29, 1.82) is 0 Å². The van der Waals surface area contributed by atoms with Crippen LogP contribution in [0.1, 0.15) is 18.7 Å². The Morgan fingerprint density at radius 3 is 3.23 bits per heavy atom. The van der Waals surface area contributed by atoms with E-state index in [1.807, 2.05) is 24.3 Å². The molecule has 0 saturated carbocycles. The maximum absolute atomic E-state index is 11.9. The minimum absolute atomic E-state index is 0.0290. The van der Waals surface area contributed by atoms with Gasteiger partial charge in [0.1, 0.15) is 5.75 Å². The van der Waals surface area contributed by atoms with Gasteiger partial charge in [-0.25, -0.2) is 0 Å². The van der Waals surface area contributed by atoms with Crippen molar-refractivity contribution in [3.8, 4) is 17.1 Å². The average molecular weight is 302 g/mol. The summed E-state index contributed by atoms with van der Waals surface area (Å²) in [6.07, 6.45) is 1.89. The quantitative estimate of drug-likeness (QED) is 0.860. The molecule has 2 aromatic rings. The highest BCUT2D eigenvalue weighted by Gasteiger charge is 2.22. The topological polar surface area (TPSA) is 89.3 Å². The molecule has 3 rings (SSSR count). The molecule has 7 nitrogen and oxygen atoms in total. The maximum Gasteiger partial charge on any atom is 0.246 e. The van der Waals surface area contributed by atoms with E-state index in [-0.39, 0.29) is 18.5 Å². The van der Waals surface area contributed by atoms with Crippen LogP contribution in [0.2, 0.25) is 0 Å². The molecule has 0 spiro atoms. The van der Waals surface area contributed by atoms with Gasteiger partial charge in [0.25, 0.3) is 0 Å². The number of carbonyl (C=O) groups excluding carboxylic acids is 1. The summed E-state index contributed by atoms with van der Waals surface area (Å²) in [5.41, 5.74) is 0.804. The predicted molar refractivity (Wildman–Crippen MR) is 79.2 cm³/mol. The lowest BCUT2D eigenvalue weighted by molar-refractivity contribution is -0.123. The number of aromatic nitrogens is 2. The zero-order valence-electron chi connectivity index (χ0n) is 12.3. The number of carbonyl (C=O) groups is 1. The largest absolute Gasteiger partial charge is 0.497 e. The van der Waals surface area contributed by atoms with E-state index in [1.165, 1.54) is 0 Å². The van der Waals surface area contributed by atoms with Crippen molar-refractivity contribution in [3.05, 3.63) is 30.2 Å². The Kier molecular flexibility index (Phi) is 4.34. The standard InChI is InChI=1S/C15H18N4O3/c1-21-11-5-2-4-10(8-11)14-18-13(22-19-14)9-17-15(20)12-6-3-7-16-12/h2,4-5,8,12,16H,3,6-7,9H2,1H3,(H,17,20). The van der Waals surface area contributed by atoms with Gasteiger partial charge in [0, 0.05) is 5.56 Å². The molecule has 1 aromatic carbocycles. The van der Waals surface area contributed by atoms with Crippen LogP contribution in [0.15, 0.2) is 28.8 Å². The Labute approximate surface area is 128 Å². The summed E-state index contributed by atoms with van der Waals surface area (Å²) in [6.45, 7) is 1.12. The molecule has 1 aliphatic heterocycles. The molecule has 2 N–H and O–H groups in total. The number of hydrogen-bond donors (Lipinski definition) is 2. The van der Waals surface area contributed by atoms with Crippen LogP contribution < -0.4 is 15.4 Å².